The van der Waals surface area contributed by atoms with E-state index in [0.29, 0.717) is 16.1 Å². The lowest BCUT2D eigenvalue weighted by Crippen LogP contribution is -2.08. The molecule has 0 atom stereocenters. The lowest BCUT2D eigenvalue weighted by molar-refractivity contribution is 0.103. The van der Waals surface area contributed by atoms with Gasteiger partial charge in [0.1, 0.15) is 5.82 Å². The Bertz CT molecular complexity index is 584. The van der Waals surface area contributed by atoms with Crippen molar-refractivity contribution < 1.29 is 4.79 Å². The maximum Gasteiger partial charge on any atom is 0.197 e. The fourth-order valence-corrected chi connectivity index (χ4v) is 1.66. The first-order chi connectivity index (χ1) is 8.09. The molecule has 2 aromatic heterocycles. The summed E-state index contributed by atoms with van der Waals surface area (Å²) in [4.78, 5) is 20.0. The SMILES string of the molecule is Cc1cnccc1C(=O)c1cc(Cl)cnc1N. The van der Waals surface area contributed by atoms with Crippen molar-refractivity contribution in [2.75, 3.05) is 5.73 Å². The Hall–Kier alpha value is -1.94. The average Bonchev–Trinajstić information content (AvgIpc) is 2.32. The summed E-state index contributed by atoms with van der Waals surface area (Å²) in [5, 5.41) is 0.384. The summed E-state index contributed by atoms with van der Waals surface area (Å²) in [7, 11) is 0. The summed E-state index contributed by atoms with van der Waals surface area (Å²) in [6.07, 6.45) is 4.60. The minimum absolute atomic E-state index is 0.176. The number of pyridine rings is 2. The normalized spacial score (nSPS) is 10.2. The van der Waals surface area contributed by atoms with Gasteiger partial charge >= 0.3 is 0 Å². The molecule has 0 bridgehead atoms. The monoisotopic (exact) mass is 247 g/mol. The average molecular weight is 248 g/mol. The van der Waals surface area contributed by atoms with Gasteiger partial charge in [-0.3, -0.25) is 9.78 Å². The zero-order valence-electron chi connectivity index (χ0n) is 9.14. The Morgan fingerprint density at radius 1 is 1.35 bits per heavy atom. The van der Waals surface area contributed by atoms with Gasteiger partial charge < -0.3 is 5.73 Å². The molecule has 2 aromatic rings. The number of halogens is 1. The van der Waals surface area contributed by atoms with Crippen LogP contribution in [0.1, 0.15) is 21.5 Å². The fraction of sp³-hybridized carbons (Fsp3) is 0.0833. The molecule has 0 aliphatic carbocycles. The number of carbonyl (C=O) groups is 1. The molecule has 0 spiro atoms. The van der Waals surface area contributed by atoms with E-state index >= 15 is 0 Å². The number of hydrogen-bond acceptors (Lipinski definition) is 4. The molecule has 0 saturated carbocycles. The van der Waals surface area contributed by atoms with Gasteiger partial charge in [-0.15, -0.1) is 0 Å². The molecule has 2 N–H and O–H groups in total. The topological polar surface area (TPSA) is 68.9 Å². The molecule has 0 aromatic carbocycles. The standard InChI is InChI=1S/C12H10ClN3O/c1-7-5-15-3-2-9(7)11(17)10-4-8(13)6-16-12(10)14/h2-6H,1H3,(H2,14,16). The summed E-state index contributed by atoms with van der Waals surface area (Å²) in [6.45, 7) is 1.81. The summed E-state index contributed by atoms with van der Waals surface area (Å²) in [5.74, 6) is -0.0204. The second kappa shape index (κ2) is 4.51. The molecule has 17 heavy (non-hydrogen) atoms. The van der Waals surface area contributed by atoms with Crippen LogP contribution in [0.3, 0.4) is 0 Å². The zero-order chi connectivity index (χ0) is 12.4. The van der Waals surface area contributed by atoms with Crippen molar-refractivity contribution in [3.05, 3.63) is 52.4 Å². The van der Waals surface area contributed by atoms with Crippen molar-refractivity contribution in [1.82, 2.24) is 9.97 Å². The molecule has 2 rings (SSSR count). The summed E-state index contributed by atoms with van der Waals surface area (Å²) in [5.41, 5.74) is 7.32. The van der Waals surface area contributed by atoms with Crippen LogP contribution in [-0.2, 0) is 0 Å². The van der Waals surface area contributed by atoms with Gasteiger partial charge in [-0.25, -0.2) is 4.98 Å². The van der Waals surface area contributed by atoms with Crippen LogP contribution in [0.4, 0.5) is 5.82 Å². The number of nitrogen functional groups attached to an aromatic ring is 1. The van der Waals surface area contributed by atoms with Crippen LogP contribution in [0.15, 0.2) is 30.7 Å². The molecule has 0 aliphatic rings. The van der Waals surface area contributed by atoms with Gasteiger partial charge in [0.05, 0.1) is 10.6 Å². The number of aromatic nitrogens is 2. The Kier molecular flexibility index (Phi) is 3.06. The van der Waals surface area contributed by atoms with Crippen LogP contribution >= 0.6 is 11.6 Å². The van der Waals surface area contributed by atoms with E-state index < -0.39 is 0 Å². The first-order valence-corrected chi connectivity index (χ1v) is 5.33. The van der Waals surface area contributed by atoms with Crippen molar-refractivity contribution >= 4 is 23.2 Å². The maximum absolute atomic E-state index is 12.2. The highest BCUT2D eigenvalue weighted by Gasteiger charge is 2.15. The summed E-state index contributed by atoms with van der Waals surface area (Å²) in [6, 6.07) is 3.17. The predicted molar refractivity (Wildman–Crippen MR) is 66.1 cm³/mol. The molecule has 0 saturated heterocycles. The Balaban J connectivity index is 2.51. The smallest absolute Gasteiger partial charge is 0.197 e. The number of anilines is 1. The van der Waals surface area contributed by atoms with Crippen molar-refractivity contribution in [2.24, 2.45) is 0 Å². The van der Waals surface area contributed by atoms with Gasteiger partial charge in [-0.05, 0) is 24.6 Å². The van der Waals surface area contributed by atoms with Gasteiger partial charge in [0.2, 0.25) is 0 Å². The maximum atomic E-state index is 12.2. The number of nitrogens with two attached hydrogens (primary N) is 1. The van der Waals surface area contributed by atoms with Crippen LogP contribution in [-0.4, -0.2) is 15.8 Å². The van der Waals surface area contributed by atoms with Crippen LogP contribution in [0, 0.1) is 6.92 Å². The molecule has 5 heteroatoms. The summed E-state index contributed by atoms with van der Waals surface area (Å²) < 4.78 is 0. The second-order valence-electron chi connectivity index (χ2n) is 3.61. The van der Waals surface area contributed by atoms with Crippen molar-refractivity contribution in [2.45, 2.75) is 6.92 Å². The van der Waals surface area contributed by atoms with Crippen LogP contribution in [0.5, 0.6) is 0 Å². The number of hydrogen-bond donors (Lipinski definition) is 1. The highest BCUT2D eigenvalue weighted by Crippen LogP contribution is 2.20. The van der Waals surface area contributed by atoms with E-state index in [9.17, 15) is 4.79 Å². The summed E-state index contributed by atoms with van der Waals surface area (Å²) >= 11 is 5.81. The highest BCUT2D eigenvalue weighted by molar-refractivity contribution is 6.31. The van der Waals surface area contributed by atoms with E-state index in [1.54, 1.807) is 18.5 Å². The molecule has 0 amide bonds. The molecule has 86 valence electrons. The fourth-order valence-electron chi connectivity index (χ4n) is 1.50. The molecule has 0 aliphatic heterocycles. The van der Waals surface area contributed by atoms with Crippen molar-refractivity contribution in [3.63, 3.8) is 0 Å². The highest BCUT2D eigenvalue weighted by atomic mass is 35.5. The molecule has 0 unspecified atom stereocenters. The predicted octanol–water partition coefficient (Wildman–Crippen LogP) is 2.25. The third kappa shape index (κ3) is 2.26. The van der Waals surface area contributed by atoms with Gasteiger partial charge in [-0.2, -0.15) is 0 Å². The molecular formula is C12H10ClN3O. The minimum atomic E-state index is -0.197. The van der Waals surface area contributed by atoms with Crippen molar-refractivity contribution in [3.8, 4) is 0 Å². The molecular weight excluding hydrogens is 238 g/mol. The van der Waals surface area contributed by atoms with Gasteiger partial charge in [0, 0.05) is 24.2 Å². The largest absolute Gasteiger partial charge is 0.383 e. The van der Waals surface area contributed by atoms with E-state index in [1.807, 2.05) is 6.92 Å². The number of aryl methyl sites for hydroxylation is 1. The van der Waals surface area contributed by atoms with E-state index in [2.05, 4.69) is 9.97 Å². The Morgan fingerprint density at radius 2 is 2.12 bits per heavy atom. The van der Waals surface area contributed by atoms with E-state index in [1.165, 1.54) is 12.3 Å². The first-order valence-electron chi connectivity index (χ1n) is 4.96. The van der Waals surface area contributed by atoms with Gasteiger partial charge in [-0.1, -0.05) is 11.6 Å². The van der Waals surface area contributed by atoms with E-state index in [0.717, 1.165) is 5.56 Å². The molecule has 0 radical (unpaired) electrons. The molecule has 2 heterocycles. The van der Waals surface area contributed by atoms with Gasteiger partial charge in [0.15, 0.2) is 5.78 Å². The Labute approximate surface area is 103 Å². The van der Waals surface area contributed by atoms with Crippen LogP contribution in [0.25, 0.3) is 0 Å². The number of nitrogens with zero attached hydrogens (tertiary/aromatic N) is 2. The van der Waals surface area contributed by atoms with E-state index in [4.69, 9.17) is 17.3 Å². The minimum Gasteiger partial charge on any atom is -0.383 e. The zero-order valence-corrected chi connectivity index (χ0v) is 9.90. The molecule has 4 nitrogen and oxygen atoms in total. The van der Waals surface area contributed by atoms with Gasteiger partial charge in [0.25, 0.3) is 0 Å². The third-order valence-corrected chi connectivity index (χ3v) is 2.60. The lowest BCUT2D eigenvalue weighted by Gasteiger charge is -2.06. The number of carbonyl (C=O) groups excluding carboxylic acids is 1. The molecule has 0 fully saturated rings. The first kappa shape index (κ1) is 11.5. The number of rotatable bonds is 2. The van der Waals surface area contributed by atoms with Crippen LogP contribution < -0.4 is 5.73 Å². The Morgan fingerprint density at radius 3 is 2.82 bits per heavy atom. The van der Waals surface area contributed by atoms with E-state index in [-0.39, 0.29) is 11.6 Å². The third-order valence-electron chi connectivity index (χ3n) is 2.39. The van der Waals surface area contributed by atoms with Crippen molar-refractivity contribution in [1.29, 1.82) is 0 Å². The number of ketones is 1. The second-order valence-corrected chi connectivity index (χ2v) is 4.04. The van der Waals surface area contributed by atoms with Crippen LogP contribution in [0.2, 0.25) is 5.02 Å². The quantitative estimate of drug-likeness (QED) is 0.827. The lowest BCUT2D eigenvalue weighted by atomic mass is 10.0.